The molecule has 0 saturated heterocycles. The van der Waals surface area contributed by atoms with Crippen molar-refractivity contribution in [3.8, 4) is 0 Å². The van der Waals surface area contributed by atoms with Crippen LogP contribution in [0, 0.1) is 5.92 Å². The largest absolute Gasteiger partial charge is 0.462 e. The molecule has 2 aliphatic carbocycles. The summed E-state index contributed by atoms with van der Waals surface area (Å²) in [5.74, 6) is 0.656. The van der Waals surface area contributed by atoms with E-state index in [9.17, 15) is 9.59 Å². The molecule has 0 saturated carbocycles. The van der Waals surface area contributed by atoms with Crippen LogP contribution in [0.15, 0.2) is 4.52 Å². The minimum Gasteiger partial charge on any atom is -0.462 e. The van der Waals surface area contributed by atoms with E-state index in [1.54, 1.807) is 6.92 Å². The fourth-order valence-electron chi connectivity index (χ4n) is 3.99. The fraction of sp³-hybridized carbons (Fsp3) is 0.550. The second-order valence-corrected chi connectivity index (χ2v) is 8.48. The molecule has 2 heterocycles. The highest BCUT2D eigenvalue weighted by molar-refractivity contribution is 7.17. The first-order valence-corrected chi connectivity index (χ1v) is 10.5. The number of nitrogens with zero attached hydrogens (tertiary/aromatic N) is 1. The van der Waals surface area contributed by atoms with Crippen LogP contribution >= 0.6 is 11.3 Å². The van der Waals surface area contributed by atoms with Crippen molar-refractivity contribution in [2.45, 2.75) is 58.8 Å². The van der Waals surface area contributed by atoms with Gasteiger partial charge in [0, 0.05) is 16.9 Å². The van der Waals surface area contributed by atoms with Crippen LogP contribution < -0.4 is 5.32 Å². The number of anilines is 1. The molecule has 4 rings (SSSR count). The summed E-state index contributed by atoms with van der Waals surface area (Å²) in [6.45, 7) is 4.27. The Morgan fingerprint density at radius 2 is 2.07 bits per heavy atom. The van der Waals surface area contributed by atoms with Crippen LogP contribution in [0.5, 0.6) is 0 Å². The van der Waals surface area contributed by atoms with Gasteiger partial charge in [0.05, 0.1) is 12.2 Å². The first kappa shape index (κ1) is 18.2. The third kappa shape index (κ3) is 3.40. The molecule has 0 bridgehead atoms. The summed E-state index contributed by atoms with van der Waals surface area (Å²) in [6.07, 6.45) is 6.63. The average Bonchev–Trinajstić information content (AvgIpc) is 3.22. The number of hydrogen-bond acceptors (Lipinski definition) is 6. The molecule has 2 aliphatic rings. The number of rotatable bonds is 4. The number of aromatic nitrogens is 1. The van der Waals surface area contributed by atoms with Gasteiger partial charge in [0.2, 0.25) is 0 Å². The van der Waals surface area contributed by atoms with Crippen molar-refractivity contribution in [3.63, 3.8) is 0 Å². The topological polar surface area (TPSA) is 81.4 Å². The van der Waals surface area contributed by atoms with E-state index < -0.39 is 0 Å². The van der Waals surface area contributed by atoms with Crippen LogP contribution in [0.25, 0.3) is 0 Å². The first-order valence-electron chi connectivity index (χ1n) is 9.68. The summed E-state index contributed by atoms with van der Waals surface area (Å²) in [5, 5.41) is 7.53. The Kier molecular flexibility index (Phi) is 5.04. The van der Waals surface area contributed by atoms with Crippen LogP contribution in [-0.2, 0) is 30.4 Å². The van der Waals surface area contributed by atoms with Gasteiger partial charge in [-0.2, -0.15) is 0 Å². The van der Waals surface area contributed by atoms with Crippen molar-refractivity contribution in [3.05, 3.63) is 33.0 Å². The first-order chi connectivity index (χ1) is 13.1. The third-order valence-corrected chi connectivity index (χ3v) is 6.59. The highest BCUT2D eigenvalue weighted by Crippen LogP contribution is 2.39. The van der Waals surface area contributed by atoms with Crippen LogP contribution in [0.3, 0.4) is 0 Å². The van der Waals surface area contributed by atoms with E-state index >= 15 is 0 Å². The molecule has 0 spiro atoms. The molecule has 0 radical (unpaired) electrons. The van der Waals surface area contributed by atoms with Gasteiger partial charge in [0.1, 0.15) is 10.8 Å². The molecule has 2 aromatic heterocycles. The van der Waals surface area contributed by atoms with E-state index in [0.717, 1.165) is 61.8 Å². The average molecular weight is 388 g/mol. The fourth-order valence-corrected chi connectivity index (χ4v) is 5.26. The molecular formula is C20H24N2O4S. The molecule has 0 fully saturated rings. The predicted octanol–water partition coefficient (Wildman–Crippen LogP) is 4.17. The molecule has 6 nitrogen and oxygen atoms in total. The summed E-state index contributed by atoms with van der Waals surface area (Å²) in [4.78, 5) is 26.6. The summed E-state index contributed by atoms with van der Waals surface area (Å²) in [7, 11) is 0. The van der Waals surface area contributed by atoms with Crippen molar-refractivity contribution in [1.29, 1.82) is 0 Å². The lowest BCUT2D eigenvalue weighted by molar-refractivity contribution is 0.0526. The second kappa shape index (κ2) is 7.46. The lowest BCUT2D eigenvalue weighted by Gasteiger charge is -2.16. The van der Waals surface area contributed by atoms with E-state index in [-0.39, 0.29) is 11.9 Å². The van der Waals surface area contributed by atoms with E-state index in [1.165, 1.54) is 16.2 Å². The second-order valence-electron chi connectivity index (χ2n) is 7.37. The SMILES string of the molecule is CCOC(=O)c1c(NC(=O)c2noc3c2C[C@H](C)CC3)sc2c1CCCC2. The van der Waals surface area contributed by atoms with Gasteiger partial charge in [-0.25, -0.2) is 4.79 Å². The van der Waals surface area contributed by atoms with E-state index in [0.29, 0.717) is 28.8 Å². The molecule has 0 aromatic carbocycles. The number of aryl methyl sites for hydroxylation is 2. The van der Waals surface area contributed by atoms with Crippen LogP contribution in [0.4, 0.5) is 5.00 Å². The molecule has 27 heavy (non-hydrogen) atoms. The van der Waals surface area contributed by atoms with Crippen molar-refractivity contribution < 1.29 is 18.8 Å². The Bertz CT molecular complexity index is 883. The maximum Gasteiger partial charge on any atom is 0.341 e. The van der Waals surface area contributed by atoms with Crippen molar-refractivity contribution in [1.82, 2.24) is 5.16 Å². The molecule has 0 aliphatic heterocycles. The van der Waals surface area contributed by atoms with Crippen LogP contribution in [-0.4, -0.2) is 23.6 Å². The van der Waals surface area contributed by atoms with E-state index in [4.69, 9.17) is 9.26 Å². The molecule has 2 aromatic rings. The van der Waals surface area contributed by atoms with Gasteiger partial charge in [-0.05, 0) is 56.9 Å². The lowest BCUT2D eigenvalue weighted by atomic mass is 9.88. The van der Waals surface area contributed by atoms with Crippen LogP contribution in [0.1, 0.15) is 75.7 Å². The van der Waals surface area contributed by atoms with Crippen LogP contribution in [0.2, 0.25) is 0 Å². The van der Waals surface area contributed by atoms with E-state index in [1.807, 2.05) is 0 Å². The Morgan fingerprint density at radius 3 is 2.89 bits per heavy atom. The standard InChI is InChI=1S/C20H24N2O4S/c1-3-25-20(24)16-12-6-4-5-7-15(12)27-19(16)21-18(23)17-13-10-11(2)8-9-14(13)26-22-17/h11H,3-10H2,1-2H3,(H,21,23)/t11-/m1/s1. The third-order valence-electron chi connectivity index (χ3n) is 5.38. The minimum absolute atomic E-state index is 0.307. The number of hydrogen-bond donors (Lipinski definition) is 1. The number of esters is 1. The van der Waals surface area contributed by atoms with Crippen molar-refractivity contribution >= 4 is 28.2 Å². The van der Waals surface area contributed by atoms with Gasteiger partial charge in [-0.3, -0.25) is 4.79 Å². The number of carbonyl (C=O) groups is 2. The Balaban J connectivity index is 1.65. The molecular weight excluding hydrogens is 364 g/mol. The van der Waals surface area contributed by atoms with Gasteiger partial charge < -0.3 is 14.6 Å². The Morgan fingerprint density at radius 1 is 1.26 bits per heavy atom. The Hall–Kier alpha value is -2.15. The maximum absolute atomic E-state index is 12.9. The maximum atomic E-state index is 12.9. The number of carbonyl (C=O) groups excluding carboxylic acids is 2. The predicted molar refractivity (Wildman–Crippen MR) is 103 cm³/mol. The number of fused-ring (bicyclic) bond motifs is 2. The molecule has 1 atom stereocenters. The smallest absolute Gasteiger partial charge is 0.341 e. The molecule has 1 amide bonds. The van der Waals surface area contributed by atoms with Gasteiger partial charge >= 0.3 is 5.97 Å². The molecule has 0 unspecified atom stereocenters. The Labute approximate surface area is 162 Å². The normalized spacial score (nSPS) is 18.5. The van der Waals surface area contributed by atoms with Gasteiger partial charge in [0.25, 0.3) is 5.91 Å². The minimum atomic E-state index is -0.358. The summed E-state index contributed by atoms with van der Waals surface area (Å²) in [5.41, 5.74) is 2.81. The summed E-state index contributed by atoms with van der Waals surface area (Å²) < 4.78 is 10.6. The number of nitrogens with one attached hydrogen (secondary N) is 1. The zero-order valence-electron chi connectivity index (χ0n) is 15.7. The van der Waals surface area contributed by atoms with Gasteiger partial charge in [-0.15, -0.1) is 11.3 Å². The van der Waals surface area contributed by atoms with Gasteiger partial charge in [0.15, 0.2) is 5.69 Å². The lowest BCUT2D eigenvalue weighted by Crippen LogP contribution is -2.19. The summed E-state index contributed by atoms with van der Waals surface area (Å²) in [6, 6.07) is 0. The van der Waals surface area contributed by atoms with Gasteiger partial charge in [-0.1, -0.05) is 12.1 Å². The molecule has 1 N–H and O–H groups in total. The highest BCUT2D eigenvalue weighted by atomic mass is 32.1. The zero-order valence-corrected chi connectivity index (χ0v) is 16.5. The quantitative estimate of drug-likeness (QED) is 0.795. The van der Waals surface area contributed by atoms with Crippen molar-refractivity contribution in [2.24, 2.45) is 5.92 Å². The number of thiophene rings is 1. The van der Waals surface area contributed by atoms with Crippen molar-refractivity contribution in [2.75, 3.05) is 11.9 Å². The van der Waals surface area contributed by atoms with E-state index in [2.05, 4.69) is 17.4 Å². The number of amides is 1. The monoisotopic (exact) mass is 388 g/mol. The molecule has 144 valence electrons. The number of ether oxygens (including phenoxy) is 1. The summed E-state index contributed by atoms with van der Waals surface area (Å²) >= 11 is 1.49. The molecule has 7 heteroatoms. The highest BCUT2D eigenvalue weighted by Gasteiger charge is 2.30. The zero-order chi connectivity index (χ0) is 19.0.